The Morgan fingerprint density at radius 3 is 2.34 bits per heavy atom. The van der Waals surface area contributed by atoms with Crippen LogP contribution in [-0.4, -0.2) is 49.6 Å². The molecule has 0 spiro atoms. The van der Waals surface area contributed by atoms with Gasteiger partial charge in [-0.2, -0.15) is 0 Å². The molecule has 1 saturated heterocycles. The molecule has 0 aromatic heterocycles. The molecular formula is C23H29N3O3. The van der Waals surface area contributed by atoms with Gasteiger partial charge in [-0.3, -0.25) is 14.5 Å². The molecule has 0 bridgehead atoms. The molecule has 0 atom stereocenters. The van der Waals surface area contributed by atoms with E-state index in [1.807, 2.05) is 30.3 Å². The lowest BCUT2D eigenvalue weighted by Crippen LogP contribution is -2.36. The Labute approximate surface area is 172 Å². The molecule has 2 N–H and O–H groups in total. The summed E-state index contributed by atoms with van der Waals surface area (Å²) in [5.74, 6) is -0.108. The van der Waals surface area contributed by atoms with Gasteiger partial charge < -0.3 is 15.4 Å². The molecule has 3 rings (SSSR count). The lowest BCUT2D eigenvalue weighted by molar-refractivity contribution is -0.121. The van der Waals surface area contributed by atoms with E-state index in [1.165, 1.54) is 5.56 Å². The summed E-state index contributed by atoms with van der Waals surface area (Å²) in [5, 5.41) is 5.85. The van der Waals surface area contributed by atoms with Gasteiger partial charge in [0, 0.05) is 44.7 Å². The van der Waals surface area contributed by atoms with E-state index in [4.69, 9.17) is 4.74 Å². The average Bonchev–Trinajstić information content (AvgIpc) is 2.77. The van der Waals surface area contributed by atoms with Gasteiger partial charge in [-0.05, 0) is 29.7 Å². The van der Waals surface area contributed by atoms with Gasteiger partial charge >= 0.3 is 0 Å². The number of nitrogens with zero attached hydrogens (tertiary/aromatic N) is 1. The highest BCUT2D eigenvalue weighted by Crippen LogP contribution is 2.13. The van der Waals surface area contributed by atoms with E-state index in [0.717, 1.165) is 38.4 Å². The summed E-state index contributed by atoms with van der Waals surface area (Å²) in [5.41, 5.74) is 3.02. The third kappa shape index (κ3) is 7.00. The molecule has 1 heterocycles. The molecule has 1 aliphatic heterocycles. The number of carbonyl (C=O) groups is 2. The predicted octanol–water partition coefficient (Wildman–Crippen LogP) is 2.35. The van der Waals surface area contributed by atoms with Gasteiger partial charge in [0.05, 0.1) is 13.2 Å². The fraction of sp³-hybridized carbons (Fsp3) is 0.391. The molecule has 6 heteroatoms. The van der Waals surface area contributed by atoms with Crippen LogP contribution >= 0.6 is 0 Å². The molecule has 0 aliphatic carbocycles. The number of hydrogen-bond acceptors (Lipinski definition) is 4. The number of rotatable bonds is 9. The van der Waals surface area contributed by atoms with E-state index in [9.17, 15) is 9.59 Å². The largest absolute Gasteiger partial charge is 0.379 e. The Morgan fingerprint density at radius 1 is 0.897 bits per heavy atom. The highest BCUT2D eigenvalue weighted by atomic mass is 16.5. The Kier molecular flexibility index (Phi) is 8.22. The van der Waals surface area contributed by atoms with Crippen molar-refractivity contribution < 1.29 is 14.3 Å². The lowest BCUT2D eigenvalue weighted by Gasteiger charge is -2.27. The first kappa shape index (κ1) is 21.0. The van der Waals surface area contributed by atoms with E-state index in [1.54, 1.807) is 12.1 Å². The molecule has 2 aromatic carbocycles. The third-order valence-electron chi connectivity index (χ3n) is 4.99. The summed E-state index contributed by atoms with van der Waals surface area (Å²) >= 11 is 0. The summed E-state index contributed by atoms with van der Waals surface area (Å²) in [4.78, 5) is 26.5. The molecule has 2 amide bonds. The molecule has 1 aliphatic rings. The van der Waals surface area contributed by atoms with Gasteiger partial charge in [0.15, 0.2) is 0 Å². The van der Waals surface area contributed by atoms with Crippen molar-refractivity contribution in [3.05, 3.63) is 71.3 Å². The SMILES string of the molecule is O=C(CCCNC(=O)c1ccccc1)NCc1ccccc1CN1CCOCC1. The third-order valence-corrected chi connectivity index (χ3v) is 4.99. The van der Waals surface area contributed by atoms with E-state index >= 15 is 0 Å². The number of ether oxygens (including phenoxy) is 1. The maximum atomic E-state index is 12.2. The maximum Gasteiger partial charge on any atom is 0.251 e. The Balaban J connectivity index is 1.37. The summed E-state index contributed by atoms with van der Waals surface area (Å²) in [6.45, 7) is 5.32. The van der Waals surface area contributed by atoms with Crippen molar-refractivity contribution in [2.24, 2.45) is 0 Å². The fourth-order valence-corrected chi connectivity index (χ4v) is 3.31. The average molecular weight is 396 g/mol. The van der Waals surface area contributed by atoms with Gasteiger partial charge in [-0.15, -0.1) is 0 Å². The van der Waals surface area contributed by atoms with Crippen molar-refractivity contribution in [3.63, 3.8) is 0 Å². The topological polar surface area (TPSA) is 70.7 Å². The molecule has 29 heavy (non-hydrogen) atoms. The minimum atomic E-state index is -0.108. The minimum Gasteiger partial charge on any atom is -0.379 e. The van der Waals surface area contributed by atoms with Gasteiger partial charge in [0.2, 0.25) is 5.91 Å². The Hall–Kier alpha value is -2.70. The van der Waals surface area contributed by atoms with Crippen molar-refractivity contribution in [2.75, 3.05) is 32.8 Å². The van der Waals surface area contributed by atoms with E-state index in [0.29, 0.717) is 31.5 Å². The van der Waals surface area contributed by atoms with Crippen LogP contribution in [0.4, 0.5) is 0 Å². The van der Waals surface area contributed by atoms with Gasteiger partial charge in [-0.1, -0.05) is 42.5 Å². The minimum absolute atomic E-state index is 0.000126. The summed E-state index contributed by atoms with van der Waals surface area (Å²) in [6, 6.07) is 17.3. The van der Waals surface area contributed by atoms with E-state index in [2.05, 4.69) is 27.7 Å². The number of carbonyl (C=O) groups excluding carboxylic acids is 2. The van der Waals surface area contributed by atoms with Gasteiger partial charge in [0.1, 0.15) is 0 Å². The zero-order valence-corrected chi connectivity index (χ0v) is 16.7. The smallest absolute Gasteiger partial charge is 0.251 e. The predicted molar refractivity (Wildman–Crippen MR) is 112 cm³/mol. The molecule has 0 saturated carbocycles. The molecule has 1 fully saturated rings. The van der Waals surface area contributed by atoms with Crippen LogP contribution in [0.25, 0.3) is 0 Å². The van der Waals surface area contributed by atoms with Crippen LogP contribution < -0.4 is 10.6 Å². The second-order valence-corrected chi connectivity index (χ2v) is 7.16. The number of morpholine rings is 1. The normalized spacial score (nSPS) is 14.3. The first-order chi connectivity index (χ1) is 14.2. The standard InChI is InChI=1S/C23H29N3O3/c27-22(11-6-12-24-23(28)19-7-2-1-3-8-19)25-17-20-9-4-5-10-21(20)18-26-13-15-29-16-14-26/h1-5,7-10H,6,11-18H2,(H,24,28)(H,25,27). The van der Waals surface area contributed by atoms with Crippen molar-refractivity contribution in [1.29, 1.82) is 0 Å². The first-order valence-electron chi connectivity index (χ1n) is 10.2. The Bertz CT molecular complexity index is 789. The number of benzene rings is 2. The second-order valence-electron chi connectivity index (χ2n) is 7.16. The fourth-order valence-electron chi connectivity index (χ4n) is 3.31. The zero-order chi connectivity index (χ0) is 20.3. The molecule has 0 unspecified atom stereocenters. The van der Waals surface area contributed by atoms with Gasteiger partial charge in [-0.25, -0.2) is 0 Å². The summed E-state index contributed by atoms with van der Waals surface area (Å²) < 4.78 is 5.41. The van der Waals surface area contributed by atoms with Crippen molar-refractivity contribution >= 4 is 11.8 Å². The lowest BCUT2D eigenvalue weighted by atomic mass is 10.1. The second kappa shape index (κ2) is 11.3. The highest BCUT2D eigenvalue weighted by molar-refractivity contribution is 5.94. The number of amides is 2. The number of nitrogens with one attached hydrogen (secondary N) is 2. The number of hydrogen-bond donors (Lipinski definition) is 2. The first-order valence-corrected chi connectivity index (χ1v) is 10.2. The van der Waals surface area contributed by atoms with Crippen LogP contribution in [0.5, 0.6) is 0 Å². The van der Waals surface area contributed by atoms with Gasteiger partial charge in [0.25, 0.3) is 5.91 Å². The van der Waals surface area contributed by atoms with E-state index in [-0.39, 0.29) is 11.8 Å². The van der Waals surface area contributed by atoms with Crippen LogP contribution in [0, 0.1) is 0 Å². The van der Waals surface area contributed by atoms with Crippen LogP contribution in [0.15, 0.2) is 54.6 Å². The maximum absolute atomic E-state index is 12.2. The molecule has 2 aromatic rings. The van der Waals surface area contributed by atoms with E-state index < -0.39 is 0 Å². The van der Waals surface area contributed by atoms with Crippen LogP contribution in [0.2, 0.25) is 0 Å². The Morgan fingerprint density at radius 2 is 1.59 bits per heavy atom. The zero-order valence-electron chi connectivity index (χ0n) is 16.7. The van der Waals surface area contributed by atoms with Crippen molar-refractivity contribution in [2.45, 2.75) is 25.9 Å². The molecule has 0 radical (unpaired) electrons. The van der Waals surface area contributed by atoms with Crippen molar-refractivity contribution in [3.8, 4) is 0 Å². The molecule has 6 nitrogen and oxygen atoms in total. The monoisotopic (exact) mass is 395 g/mol. The molecular weight excluding hydrogens is 366 g/mol. The van der Waals surface area contributed by atoms with Crippen LogP contribution in [-0.2, 0) is 22.6 Å². The highest BCUT2D eigenvalue weighted by Gasteiger charge is 2.13. The van der Waals surface area contributed by atoms with Crippen LogP contribution in [0.3, 0.4) is 0 Å². The summed E-state index contributed by atoms with van der Waals surface area (Å²) in [6.07, 6.45) is 1.00. The summed E-state index contributed by atoms with van der Waals surface area (Å²) in [7, 11) is 0. The quantitative estimate of drug-likeness (QED) is 0.640. The van der Waals surface area contributed by atoms with Crippen molar-refractivity contribution in [1.82, 2.24) is 15.5 Å². The molecule has 154 valence electrons. The van der Waals surface area contributed by atoms with Crippen LogP contribution in [0.1, 0.15) is 34.3 Å².